The van der Waals surface area contributed by atoms with E-state index in [1.807, 2.05) is 6.92 Å². The van der Waals surface area contributed by atoms with Gasteiger partial charge in [0.15, 0.2) is 12.4 Å². The smallest absolute Gasteiger partial charge is 0.344 e. The molecule has 0 unspecified atom stereocenters. The average molecular weight is 396 g/mol. The fraction of sp³-hybridized carbons (Fsp3) is 0.304. The Morgan fingerprint density at radius 1 is 1.03 bits per heavy atom. The Bertz CT molecular complexity index is 935. The predicted molar refractivity (Wildman–Crippen MR) is 108 cm³/mol. The van der Waals surface area contributed by atoms with Gasteiger partial charge in [0.2, 0.25) is 5.78 Å². The number of hydrogen-bond acceptors (Lipinski definition) is 6. The number of hydrogen-bond donors (Lipinski definition) is 0. The minimum absolute atomic E-state index is 0.170. The number of ketones is 1. The third kappa shape index (κ3) is 5.38. The van der Waals surface area contributed by atoms with Gasteiger partial charge in [-0.15, -0.1) is 0 Å². The Hall–Kier alpha value is -3.28. The van der Waals surface area contributed by atoms with Crippen LogP contribution in [0, 0.1) is 0 Å². The van der Waals surface area contributed by atoms with E-state index in [-0.39, 0.29) is 18.1 Å². The van der Waals surface area contributed by atoms with Crippen LogP contribution in [-0.4, -0.2) is 30.6 Å². The standard InChI is InChI=1S/C23H24O6/c1-5-26-17-10-11-18-19(13-17)28-20(22(18)25)12-15-6-8-16(9-7-15)27-14-21(24)29-23(2,3)4/h6-13H,5,14H2,1-4H3/b20-12-. The van der Waals surface area contributed by atoms with E-state index in [0.717, 1.165) is 5.56 Å². The zero-order valence-electron chi connectivity index (χ0n) is 17.0. The number of Topliss-reactive ketones (excluding diaryl/α,β-unsaturated/α-hetero) is 1. The van der Waals surface area contributed by atoms with Crippen LogP contribution in [0.15, 0.2) is 48.2 Å². The molecule has 6 nitrogen and oxygen atoms in total. The van der Waals surface area contributed by atoms with Gasteiger partial charge in [0, 0.05) is 6.07 Å². The summed E-state index contributed by atoms with van der Waals surface area (Å²) in [6.45, 7) is 7.67. The lowest BCUT2D eigenvalue weighted by Gasteiger charge is -2.19. The molecule has 152 valence electrons. The molecular weight excluding hydrogens is 372 g/mol. The summed E-state index contributed by atoms with van der Waals surface area (Å²) in [6.07, 6.45) is 1.67. The first kappa shape index (κ1) is 20.5. The van der Waals surface area contributed by atoms with Gasteiger partial charge in [-0.1, -0.05) is 12.1 Å². The van der Waals surface area contributed by atoms with E-state index in [2.05, 4.69) is 0 Å². The molecule has 0 aromatic heterocycles. The highest BCUT2D eigenvalue weighted by atomic mass is 16.6. The second-order valence-corrected chi connectivity index (χ2v) is 7.47. The van der Waals surface area contributed by atoms with Crippen molar-refractivity contribution in [3.05, 3.63) is 59.4 Å². The lowest BCUT2D eigenvalue weighted by Crippen LogP contribution is -2.27. The highest BCUT2D eigenvalue weighted by Gasteiger charge is 2.27. The minimum Gasteiger partial charge on any atom is -0.494 e. The first-order valence-electron chi connectivity index (χ1n) is 9.41. The molecule has 0 bridgehead atoms. The largest absolute Gasteiger partial charge is 0.494 e. The molecule has 1 heterocycles. The lowest BCUT2D eigenvalue weighted by molar-refractivity contribution is -0.157. The zero-order chi connectivity index (χ0) is 21.0. The fourth-order valence-corrected chi connectivity index (χ4v) is 2.75. The van der Waals surface area contributed by atoms with Crippen LogP contribution in [0.3, 0.4) is 0 Å². The first-order chi connectivity index (χ1) is 13.7. The van der Waals surface area contributed by atoms with Gasteiger partial charge in [0.25, 0.3) is 0 Å². The molecule has 0 spiro atoms. The summed E-state index contributed by atoms with van der Waals surface area (Å²) < 4.78 is 21.8. The van der Waals surface area contributed by atoms with Crippen LogP contribution < -0.4 is 14.2 Å². The number of allylic oxidation sites excluding steroid dienone is 1. The van der Waals surface area contributed by atoms with Crippen molar-refractivity contribution in [3.8, 4) is 17.2 Å². The number of carbonyl (C=O) groups is 2. The highest BCUT2D eigenvalue weighted by molar-refractivity contribution is 6.14. The topological polar surface area (TPSA) is 71.1 Å². The van der Waals surface area contributed by atoms with Crippen molar-refractivity contribution in [1.82, 2.24) is 0 Å². The summed E-state index contributed by atoms with van der Waals surface area (Å²) in [4.78, 5) is 24.2. The second-order valence-electron chi connectivity index (χ2n) is 7.47. The van der Waals surface area contributed by atoms with E-state index in [9.17, 15) is 9.59 Å². The third-order valence-corrected chi connectivity index (χ3v) is 3.91. The number of rotatable bonds is 6. The molecule has 6 heteroatoms. The fourth-order valence-electron chi connectivity index (χ4n) is 2.75. The maximum atomic E-state index is 12.5. The molecule has 3 rings (SSSR count). The Balaban J connectivity index is 1.64. The second kappa shape index (κ2) is 8.39. The molecule has 2 aromatic carbocycles. The number of esters is 1. The van der Waals surface area contributed by atoms with Gasteiger partial charge < -0.3 is 18.9 Å². The molecule has 29 heavy (non-hydrogen) atoms. The number of benzene rings is 2. The molecule has 0 aliphatic carbocycles. The molecule has 0 N–H and O–H groups in total. The molecule has 0 saturated heterocycles. The van der Waals surface area contributed by atoms with Crippen molar-refractivity contribution in [2.75, 3.05) is 13.2 Å². The summed E-state index contributed by atoms with van der Waals surface area (Å²) in [5, 5.41) is 0. The Morgan fingerprint density at radius 3 is 2.38 bits per heavy atom. The quantitative estimate of drug-likeness (QED) is 0.532. The van der Waals surface area contributed by atoms with Crippen LogP contribution in [0.2, 0.25) is 0 Å². The van der Waals surface area contributed by atoms with Crippen molar-refractivity contribution in [2.45, 2.75) is 33.3 Å². The minimum atomic E-state index is -0.550. The average Bonchev–Trinajstić information content (AvgIpc) is 2.95. The van der Waals surface area contributed by atoms with Crippen molar-refractivity contribution < 1.29 is 28.5 Å². The van der Waals surface area contributed by atoms with Crippen LogP contribution >= 0.6 is 0 Å². The normalized spacial score (nSPS) is 14.3. The summed E-state index contributed by atoms with van der Waals surface area (Å²) in [5.41, 5.74) is 0.735. The van der Waals surface area contributed by atoms with Gasteiger partial charge >= 0.3 is 5.97 Å². The predicted octanol–water partition coefficient (Wildman–Crippen LogP) is 4.42. The SMILES string of the molecule is CCOc1ccc2c(c1)O/C(=C\c1ccc(OCC(=O)OC(C)(C)C)cc1)C2=O. The summed E-state index contributed by atoms with van der Waals surface area (Å²) in [6, 6.07) is 12.2. The van der Waals surface area contributed by atoms with Crippen LogP contribution in [0.5, 0.6) is 17.2 Å². The van der Waals surface area contributed by atoms with E-state index < -0.39 is 11.6 Å². The van der Waals surface area contributed by atoms with Gasteiger partial charge in [-0.05, 0) is 63.6 Å². The van der Waals surface area contributed by atoms with Crippen molar-refractivity contribution >= 4 is 17.8 Å². The summed E-state index contributed by atoms with van der Waals surface area (Å²) >= 11 is 0. The van der Waals surface area contributed by atoms with E-state index in [0.29, 0.717) is 29.4 Å². The van der Waals surface area contributed by atoms with E-state index in [1.165, 1.54) is 0 Å². The maximum Gasteiger partial charge on any atom is 0.344 e. The van der Waals surface area contributed by atoms with Crippen molar-refractivity contribution in [1.29, 1.82) is 0 Å². The van der Waals surface area contributed by atoms with Crippen LogP contribution in [0.1, 0.15) is 43.6 Å². The zero-order valence-corrected chi connectivity index (χ0v) is 17.0. The molecule has 1 aliphatic rings. The lowest BCUT2D eigenvalue weighted by atomic mass is 10.1. The van der Waals surface area contributed by atoms with Gasteiger partial charge in [-0.2, -0.15) is 0 Å². The monoisotopic (exact) mass is 396 g/mol. The highest BCUT2D eigenvalue weighted by Crippen LogP contribution is 2.35. The maximum absolute atomic E-state index is 12.5. The van der Waals surface area contributed by atoms with Crippen LogP contribution in [0.25, 0.3) is 6.08 Å². The molecule has 0 atom stereocenters. The Labute approximate surface area is 170 Å². The van der Waals surface area contributed by atoms with Gasteiger partial charge in [0.05, 0.1) is 12.2 Å². The van der Waals surface area contributed by atoms with E-state index in [1.54, 1.807) is 69.3 Å². The Morgan fingerprint density at radius 2 is 1.72 bits per heavy atom. The summed E-state index contributed by atoms with van der Waals surface area (Å²) in [5.74, 6) is 1.32. The first-order valence-corrected chi connectivity index (χ1v) is 9.41. The van der Waals surface area contributed by atoms with E-state index >= 15 is 0 Å². The number of fused-ring (bicyclic) bond motifs is 1. The Kier molecular flexibility index (Phi) is 5.92. The number of ether oxygens (including phenoxy) is 4. The van der Waals surface area contributed by atoms with Gasteiger partial charge in [-0.25, -0.2) is 4.79 Å². The van der Waals surface area contributed by atoms with Gasteiger partial charge in [-0.3, -0.25) is 4.79 Å². The van der Waals surface area contributed by atoms with Crippen LogP contribution in [-0.2, 0) is 9.53 Å². The van der Waals surface area contributed by atoms with Crippen LogP contribution in [0.4, 0.5) is 0 Å². The summed E-state index contributed by atoms with van der Waals surface area (Å²) in [7, 11) is 0. The molecular formula is C23H24O6. The van der Waals surface area contributed by atoms with Gasteiger partial charge in [0.1, 0.15) is 22.8 Å². The molecule has 0 saturated carbocycles. The molecule has 0 fully saturated rings. The third-order valence-electron chi connectivity index (χ3n) is 3.91. The molecule has 2 aromatic rings. The molecule has 0 amide bonds. The van der Waals surface area contributed by atoms with Crippen molar-refractivity contribution in [3.63, 3.8) is 0 Å². The van der Waals surface area contributed by atoms with Crippen molar-refractivity contribution in [2.24, 2.45) is 0 Å². The molecule has 0 radical (unpaired) electrons. The van der Waals surface area contributed by atoms with E-state index in [4.69, 9.17) is 18.9 Å². The molecule has 1 aliphatic heterocycles. The number of carbonyl (C=O) groups excluding carboxylic acids is 2.